The molecule has 3 heteroatoms. The van der Waals surface area contributed by atoms with Crippen LogP contribution in [0.25, 0.3) is 0 Å². The summed E-state index contributed by atoms with van der Waals surface area (Å²) in [6.07, 6.45) is 0.694. The molecule has 0 radical (unpaired) electrons. The number of rotatable bonds is 1. The molecular formula is C7H9BiO2. The van der Waals surface area contributed by atoms with Gasteiger partial charge in [-0.05, 0) is 12.1 Å². The van der Waals surface area contributed by atoms with Crippen LogP contribution >= 0.6 is 0 Å². The van der Waals surface area contributed by atoms with Crippen LogP contribution in [-0.2, 0) is 0 Å². The van der Waals surface area contributed by atoms with Crippen molar-refractivity contribution in [3.05, 3.63) is 29.8 Å². The van der Waals surface area contributed by atoms with Gasteiger partial charge in [0.2, 0.25) is 0 Å². The van der Waals surface area contributed by atoms with E-state index in [4.69, 9.17) is 5.11 Å². The number of hydrogen-bond acceptors (Lipinski definition) is 2. The van der Waals surface area contributed by atoms with Crippen molar-refractivity contribution in [1.82, 2.24) is 0 Å². The summed E-state index contributed by atoms with van der Waals surface area (Å²) in [6, 6.07) is 6.19. The van der Waals surface area contributed by atoms with Gasteiger partial charge in [-0.2, -0.15) is 0 Å². The first kappa shape index (κ1) is 9.57. The van der Waals surface area contributed by atoms with Crippen molar-refractivity contribution in [3.63, 3.8) is 0 Å². The van der Waals surface area contributed by atoms with Gasteiger partial charge >= 0.3 is 26.2 Å². The van der Waals surface area contributed by atoms with Gasteiger partial charge in [-0.3, -0.25) is 4.79 Å². The second-order valence-electron chi connectivity index (χ2n) is 1.71. The van der Waals surface area contributed by atoms with Crippen molar-refractivity contribution in [3.8, 4) is 5.75 Å². The van der Waals surface area contributed by atoms with Crippen LogP contribution in [0, 0.1) is 0 Å². The number of benzene rings is 1. The van der Waals surface area contributed by atoms with Gasteiger partial charge in [-0.25, -0.2) is 0 Å². The van der Waals surface area contributed by atoms with E-state index in [2.05, 4.69) is 0 Å². The molecule has 0 aliphatic carbocycles. The van der Waals surface area contributed by atoms with E-state index in [9.17, 15) is 4.79 Å². The molecule has 1 aromatic rings. The number of carbonyl (C=O) groups is 1. The molecule has 0 aliphatic heterocycles. The fourth-order valence-corrected chi connectivity index (χ4v) is 0.598. The van der Waals surface area contributed by atoms with E-state index >= 15 is 0 Å². The molecule has 0 aliphatic rings. The maximum absolute atomic E-state index is 10.0. The Morgan fingerprint density at radius 1 is 1.40 bits per heavy atom. The first-order valence-electron chi connectivity index (χ1n) is 2.57. The van der Waals surface area contributed by atoms with Crippen molar-refractivity contribution in [2.24, 2.45) is 0 Å². The Balaban J connectivity index is 0.000000810. The van der Waals surface area contributed by atoms with Gasteiger partial charge in [0.1, 0.15) is 12.0 Å². The number of phenolic OH excluding ortho intramolecular Hbond substituents is 1. The molecule has 1 rings (SSSR count). The number of carbonyl (C=O) groups excluding carboxylic acids is 1. The van der Waals surface area contributed by atoms with Gasteiger partial charge in [-0.15, -0.1) is 0 Å². The summed E-state index contributed by atoms with van der Waals surface area (Å²) >= 11 is 0. The molecule has 0 unspecified atom stereocenters. The summed E-state index contributed by atoms with van der Waals surface area (Å²) in [7, 11) is 0. The van der Waals surface area contributed by atoms with E-state index in [0.29, 0.717) is 11.8 Å². The summed E-state index contributed by atoms with van der Waals surface area (Å²) in [6.45, 7) is 0. The molecular weight excluding hydrogens is 325 g/mol. The maximum atomic E-state index is 10.0. The van der Waals surface area contributed by atoms with Crippen LogP contribution in [0.5, 0.6) is 5.75 Å². The molecule has 0 aromatic heterocycles. The van der Waals surface area contributed by atoms with Crippen LogP contribution in [0.4, 0.5) is 0 Å². The monoisotopic (exact) mass is 334 g/mol. The van der Waals surface area contributed by atoms with Crippen molar-refractivity contribution >= 4 is 32.5 Å². The Hall–Kier alpha value is -0.427. The van der Waals surface area contributed by atoms with Crippen LogP contribution in [0.1, 0.15) is 10.4 Å². The van der Waals surface area contributed by atoms with Gasteiger partial charge in [0.05, 0.1) is 0 Å². The Labute approximate surface area is 78.0 Å². The van der Waals surface area contributed by atoms with Gasteiger partial charge in [0, 0.05) is 5.56 Å². The standard InChI is InChI=1S/C7H6O2.Bi.3H/c8-5-6-2-1-3-7(9)4-6;;;;/h1-5,9H;;;;. The molecule has 0 heterocycles. The Morgan fingerprint density at radius 3 is 2.50 bits per heavy atom. The normalized spacial score (nSPS) is 8.00. The van der Waals surface area contributed by atoms with E-state index in [1.165, 1.54) is 12.1 Å². The quantitative estimate of drug-likeness (QED) is 0.581. The predicted molar refractivity (Wildman–Crippen MR) is 43.4 cm³/mol. The molecule has 0 atom stereocenters. The van der Waals surface area contributed by atoms with E-state index in [0.717, 1.165) is 0 Å². The summed E-state index contributed by atoms with van der Waals surface area (Å²) in [5.41, 5.74) is 0.495. The van der Waals surface area contributed by atoms with E-state index in [-0.39, 0.29) is 32.0 Å². The first-order valence-corrected chi connectivity index (χ1v) is 2.57. The second-order valence-corrected chi connectivity index (χ2v) is 1.71. The Kier molecular flexibility index (Phi) is 4.21. The van der Waals surface area contributed by atoms with Gasteiger partial charge in [0.15, 0.2) is 0 Å². The van der Waals surface area contributed by atoms with Crippen LogP contribution in [0.3, 0.4) is 0 Å². The minimum absolute atomic E-state index is 0. The molecule has 0 fully saturated rings. The van der Waals surface area contributed by atoms with Crippen molar-refractivity contribution in [2.75, 3.05) is 0 Å². The zero-order valence-electron chi connectivity index (χ0n) is 5.45. The van der Waals surface area contributed by atoms with Crippen molar-refractivity contribution < 1.29 is 9.90 Å². The first-order chi connectivity index (χ1) is 4.33. The molecule has 0 saturated heterocycles. The van der Waals surface area contributed by atoms with Crippen molar-refractivity contribution in [2.45, 2.75) is 0 Å². The fourth-order valence-electron chi connectivity index (χ4n) is 0.598. The Morgan fingerprint density at radius 2 is 2.10 bits per heavy atom. The average molecular weight is 334 g/mol. The molecule has 10 heavy (non-hydrogen) atoms. The van der Waals surface area contributed by atoms with Crippen LogP contribution < -0.4 is 0 Å². The zero-order chi connectivity index (χ0) is 6.69. The van der Waals surface area contributed by atoms with Crippen molar-refractivity contribution in [1.29, 1.82) is 0 Å². The SMILES string of the molecule is O=Cc1cccc(O)c1.[BiH3]. The predicted octanol–water partition coefficient (Wildman–Crippen LogP) is 0.0208. The van der Waals surface area contributed by atoms with E-state index in [1.807, 2.05) is 0 Å². The fraction of sp³-hybridized carbons (Fsp3) is 0. The number of aromatic hydroxyl groups is 1. The minimum atomic E-state index is 0. The van der Waals surface area contributed by atoms with Crippen LogP contribution in [-0.4, -0.2) is 37.6 Å². The van der Waals surface area contributed by atoms with E-state index < -0.39 is 0 Å². The molecule has 1 N–H and O–H groups in total. The third-order valence-electron chi connectivity index (χ3n) is 1.01. The van der Waals surface area contributed by atoms with Gasteiger partial charge in [0.25, 0.3) is 0 Å². The molecule has 0 bridgehead atoms. The van der Waals surface area contributed by atoms with Gasteiger partial charge < -0.3 is 5.11 Å². The summed E-state index contributed by atoms with van der Waals surface area (Å²) < 4.78 is 0. The summed E-state index contributed by atoms with van der Waals surface area (Å²) in [5.74, 6) is 0.125. The molecule has 1 aromatic carbocycles. The number of hydrogen-bond donors (Lipinski definition) is 1. The molecule has 0 spiro atoms. The second kappa shape index (κ2) is 4.40. The zero-order valence-corrected chi connectivity index (χ0v) is 10.9. The summed E-state index contributed by atoms with van der Waals surface area (Å²) in [5, 5.41) is 8.79. The molecule has 54 valence electrons. The number of aldehydes is 1. The molecule has 2 nitrogen and oxygen atoms in total. The third-order valence-corrected chi connectivity index (χ3v) is 1.01. The van der Waals surface area contributed by atoms with Gasteiger partial charge in [-0.1, -0.05) is 12.1 Å². The number of phenols is 1. The summed E-state index contributed by atoms with van der Waals surface area (Å²) in [4.78, 5) is 10.0. The van der Waals surface area contributed by atoms with Crippen LogP contribution in [0.15, 0.2) is 24.3 Å². The third kappa shape index (κ3) is 2.44. The molecule has 0 amide bonds. The molecule has 0 saturated carbocycles. The topological polar surface area (TPSA) is 37.3 Å². The van der Waals surface area contributed by atoms with Crippen LogP contribution in [0.2, 0.25) is 0 Å². The average Bonchev–Trinajstić information content (AvgIpc) is 1.88. The van der Waals surface area contributed by atoms with E-state index in [1.54, 1.807) is 12.1 Å². The Bertz CT molecular complexity index is 223.